The van der Waals surface area contributed by atoms with Gasteiger partial charge in [0.1, 0.15) is 0 Å². The molecule has 0 bridgehead atoms. The first kappa shape index (κ1) is 18.9. The summed E-state index contributed by atoms with van der Waals surface area (Å²) in [6.07, 6.45) is 0. The minimum absolute atomic E-state index is 0.209. The Morgan fingerprint density at radius 2 is 1.42 bits per heavy atom. The molecule has 0 aliphatic carbocycles. The van der Waals surface area contributed by atoms with Crippen molar-refractivity contribution in [2.75, 3.05) is 17.2 Å². The van der Waals surface area contributed by atoms with Crippen molar-refractivity contribution in [3.63, 3.8) is 0 Å². The van der Waals surface area contributed by atoms with Gasteiger partial charge in [-0.2, -0.15) is 0 Å². The lowest BCUT2D eigenvalue weighted by Gasteiger charge is -2.07. The lowest BCUT2D eigenvalue weighted by molar-refractivity contribution is -0.115. The number of Topliss-reactive ketones (excluding diaryl/α,β-unsaturated/α-hetero) is 1. The molecule has 7 nitrogen and oxygen atoms in total. The van der Waals surface area contributed by atoms with Crippen molar-refractivity contribution in [1.29, 1.82) is 0 Å². The van der Waals surface area contributed by atoms with E-state index in [1.165, 1.54) is 26.0 Å². The Balaban J connectivity index is 1.95. The predicted octanol–water partition coefficient (Wildman–Crippen LogP) is 2.64. The number of nitrogens with one attached hydrogen (secondary N) is 2. The summed E-state index contributed by atoms with van der Waals surface area (Å²) in [4.78, 5) is 46.2. The summed E-state index contributed by atoms with van der Waals surface area (Å²) in [5.74, 6) is -1.50. The molecule has 0 spiro atoms. The largest absolute Gasteiger partial charge is 0.454 e. The summed E-state index contributed by atoms with van der Waals surface area (Å²) >= 11 is 0. The van der Waals surface area contributed by atoms with Crippen LogP contribution in [0.1, 0.15) is 34.6 Å². The number of benzene rings is 2. The first-order chi connectivity index (χ1) is 12.3. The Hall–Kier alpha value is -3.48. The van der Waals surface area contributed by atoms with Crippen LogP contribution in [-0.4, -0.2) is 30.2 Å². The fourth-order valence-electron chi connectivity index (χ4n) is 2.17. The maximum atomic E-state index is 12.1. The summed E-state index contributed by atoms with van der Waals surface area (Å²) in [6, 6.07) is 12.5. The molecule has 2 rings (SSSR count). The highest BCUT2D eigenvalue weighted by Crippen LogP contribution is 2.13. The van der Waals surface area contributed by atoms with Gasteiger partial charge in [0.15, 0.2) is 12.4 Å². The minimum Gasteiger partial charge on any atom is -0.454 e. The fourth-order valence-corrected chi connectivity index (χ4v) is 2.17. The van der Waals surface area contributed by atoms with Crippen LogP contribution in [0.2, 0.25) is 0 Å². The van der Waals surface area contributed by atoms with E-state index < -0.39 is 12.6 Å². The van der Waals surface area contributed by atoms with Crippen molar-refractivity contribution >= 4 is 34.9 Å². The molecule has 2 amide bonds. The Bertz CT molecular complexity index is 843. The van der Waals surface area contributed by atoms with Crippen LogP contribution in [0.25, 0.3) is 0 Å². The van der Waals surface area contributed by atoms with Crippen LogP contribution >= 0.6 is 0 Å². The zero-order valence-electron chi connectivity index (χ0n) is 14.4. The van der Waals surface area contributed by atoms with Gasteiger partial charge in [-0.15, -0.1) is 0 Å². The molecular weight excluding hydrogens is 336 g/mol. The maximum absolute atomic E-state index is 12.1. The SMILES string of the molecule is CC(=O)Nc1ccc(C(=O)COC(=O)c2cccc(NC(C)=O)c2)cc1. The highest BCUT2D eigenvalue weighted by atomic mass is 16.5. The number of esters is 1. The Morgan fingerprint density at radius 3 is 2.04 bits per heavy atom. The van der Waals surface area contributed by atoms with Crippen LogP contribution in [0, 0.1) is 0 Å². The number of hydrogen-bond donors (Lipinski definition) is 2. The van der Waals surface area contributed by atoms with Gasteiger partial charge in [0.25, 0.3) is 0 Å². The molecular formula is C19H18N2O5. The monoisotopic (exact) mass is 354 g/mol. The third-order valence-electron chi connectivity index (χ3n) is 3.28. The Labute approximate surface area is 150 Å². The fraction of sp³-hybridized carbons (Fsp3) is 0.158. The first-order valence-electron chi connectivity index (χ1n) is 7.81. The molecule has 0 aliphatic heterocycles. The van der Waals surface area contributed by atoms with Gasteiger partial charge < -0.3 is 15.4 Å². The predicted molar refractivity (Wildman–Crippen MR) is 96.1 cm³/mol. The summed E-state index contributed by atoms with van der Waals surface area (Å²) in [7, 11) is 0. The van der Waals surface area contributed by atoms with Crippen LogP contribution in [0.3, 0.4) is 0 Å². The molecule has 0 unspecified atom stereocenters. The summed E-state index contributed by atoms with van der Waals surface area (Å²) < 4.78 is 5.03. The van der Waals surface area contributed by atoms with Gasteiger partial charge in [0.05, 0.1) is 5.56 Å². The average molecular weight is 354 g/mol. The Morgan fingerprint density at radius 1 is 0.808 bits per heavy atom. The third-order valence-corrected chi connectivity index (χ3v) is 3.28. The zero-order chi connectivity index (χ0) is 19.1. The van der Waals surface area contributed by atoms with E-state index in [4.69, 9.17) is 4.74 Å². The lowest BCUT2D eigenvalue weighted by Crippen LogP contribution is -2.15. The van der Waals surface area contributed by atoms with Crippen LogP contribution < -0.4 is 10.6 Å². The number of ketones is 1. The number of ether oxygens (including phenoxy) is 1. The average Bonchev–Trinajstić information content (AvgIpc) is 2.59. The van der Waals surface area contributed by atoms with Crippen molar-refractivity contribution in [3.05, 3.63) is 59.7 Å². The topological polar surface area (TPSA) is 102 Å². The van der Waals surface area contributed by atoms with Gasteiger partial charge >= 0.3 is 5.97 Å². The molecule has 2 aromatic carbocycles. The van der Waals surface area contributed by atoms with Gasteiger partial charge in [-0.05, 0) is 42.5 Å². The van der Waals surface area contributed by atoms with Crippen molar-refractivity contribution in [1.82, 2.24) is 0 Å². The summed E-state index contributed by atoms with van der Waals surface area (Å²) in [6.45, 7) is 2.34. The Kier molecular flexibility index (Phi) is 6.21. The highest BCUT2D eigenvalue weighted by molar-refractivity contribution is 6.00. The van der Waals surface area contributed by atoms with E-state index in [2.05, 4.69) is 10.6 Å². The molecule has 2 aromatic rings. The maximum Gasteiger partial charge on any atom is 0.338 e. The van der Waals surface area contributed by atoms with Crippen molar-refractivity contribution in [2.24, 2.45) is 0 Å². The van der Waals surface area contributed by atoms with Crippen molar-refractivity contribution in [3.8, 4) is 0 Å². The smallest absolute Gasteiger partial charge is 0.338 e. The van der Waals surface area contributed by atoms with E-state index >= 15 is 0 Å². The summed E-state index contributed by atoms with van der Waals surface area (Å²) in [5, 5.41) is 5.16. The van der Waals surface area contributed by atoms with Crippen molar-refractivity contribution in [2.45, 2.75) is 13.8 Å². The molecule has 7 heteroatoms. The molecule has 134 valence electrons. The molecule has 0 atom stereocenters. The number of carbonyl (C=O) groups excluding carboxylic acids is 4. The van der Waals surface area contributed by atoms with E-state index in [9.17, 15) is 19.2 Å². The standard InChI is InChI=1S/C19H18N2O5/c1-12(22)20-16-8-6-14(7-9-16)18(24)11-26-19(25)15-4-3-5-17(10-15)21-13(2)23/h3-10H,11H2,1-2H3,(H,20,22)(H,21,23). The van der Waals surface area contributed by atoms with E-state index in [1.54, 1.807) is 36.4 Å². The van der Waals surface area contributed by atoms with Gasteiger partial charge in [-0.25, -0.2) is 4.79 Å². The van der Waals surface area contributed by atoms with Crippen LogP contribution in [0.5, 0.6) is 0 Å². The molecule has 0 saturated heterocycles. The van der Waals surface area contributed by atoms with E-state index in [0.29, 0.717) is 16.9 Å². The van der Waals surface area contributed by atoms with Crippen LogP contribution in [0.15, 0.2) is 48.5 Å². The molecule has 0 radical (unpaired) electrons. The lowest BCUT2D eigenvalue weighted by atomic mass is 10.1. The van der Waals surface area contributed by atoms with Gasteiger partial charge in [-0.3, -0.25) is 14.4 Å². The zero-order valence-corrected chi connectivity index (χ0v) is 14.4. The summed E-state index contributed by atoms with van der Waals surface area (Å²) in [5.41, 5.74) is 1.62. The number of hydrogen-bond acceptors (Lipinski definition) is 5. The first-order valence-corrected chi connectivity index (χ1v) is 7.81. The number of amides is 2. The number of carbonyl (C=O) groups is 4. The van der Waals surface area contributed by atoms with Crippen LogP contribution in [0.4, 0.5) is 11.4 Å². The number of rotatable bonds is 6. The second kappa shape index (κ2) is 8.57. The third kappa shape index (κ3) is 5.55. The quantitative estimate of drug-likeness (QED) is 0.613. The van der Waals surface area contributed by atoms with Crippen molar-refractivity contribution < 1.29 is 23.9 Å². The normalized spacial score (nSPS) is 9.92. The van der Waals surface area contributed by atoms with E-state index in [0.717, 1.165) is 0 Å². The minimum atomic E-state index is -0.666. The van der Waals surface area contributed by atoms with E-state index in [1.807, 2.05) is 0 Å². The molecule has 0 aromatic heterocycles. The molecule has 0 aliphatic rings. The molecule has 0 saturated carbocycles. The highest BCUT2D eigenvalue weighted by Gasteiger charge is 2.12. The van der Waals surface area contributed by atoms with Gasteiger partial charge in [0.2, 0.25) is 11.8 Å². The van der Waals surface area contributed by atoms with Crippen LogP contribution in [-0.2, 0) is 14.3 Å². The molecule has 0 fully saturated rings. The van der Waals surface area contributed by atoms with Gasteiger partial charge in [0, 0.05) is 30.8 Å². The second-order valence-electron chi connectivity index (χ2n) is 5.52. The van der Waals surface area contributed by atoms with E-state index in [-0.39, 0.29) is 23.2 Å². The molecule has 2 N–H and O–H groups in total. The second-order valence-corrected chi connectivity index (χ2v) is 5.52. The molecule has 0 heterocycles. The van der Waals surface area contributed by atoms with Gasteiger partial charge in [-0.1, -0.05) is 6.07 Å². The number of anilines is 2. The molecule has 26 heavy (non-hydrogen) atoms.